The van der Waals surface area contributed by atoms with Gasteiger partial charge in [0.05, 0.1) is 13.0 Å². The molecule has 6 atom stereocenters. The number of hydrogen-bond donors (Lipinski definition) is 3. The van der Waals surface area contributed by atoms with Gasteiger partial charge in [-0.05, 0) is 109 Å². The van der Waals surface area contributed by atoms with Crippen molar-refractivity contribution < 1.29 is 58.2 Å². The van der Waals surface area contributed by atoms with E-state index in [-0.39, 0.29) is 25.9 Å². The molecule has 1 aliphatic heterocycles. The molecule has 0 saturated carbocycles. The van der Waals surface area contributed by atoms with Crippen LogP contribution in [0.1, 0.15) is 213 Å². The molecule has 1 rings (SSSR count). The lowest BCUT2D eigenvalue weighted by Gasteiger charge is -2.40. The Kier molecular flexibility index (Phi) is 45.8. The monoisotopic (exact) mass is 1050 g/mol. The standard InChI is InChI=1S/C63H100O12/c1-4-7-10-13-16-19-22-25-28-31-34-37-40-43-46-49-55(64)71-52-54(73-56(65)50-47-44-41-38-35-32-29-26-23-20-17-14-11-8-5-2)53-72-63-61(59(68)58(67)60(75-63)62(69)70)74-57(66)51-48-45-42-39-36-33-30-27-24-21-18-15-12-9-6-3/h7,10,16-21,25-30,34,37,43,46,54,58-61,63,67-68H,4-6,8-9,11-15,22-24,31-33,35-36,38-42,44-45,47-53H2,1-3H3,(H,69,70)/b10-7-,19-16-,20-17-,21-18-,28-25-,29-26-,30-27-,37-34-,46-43-. The summed E-state index contributed by atoms with van der Waals surface area (Å²) in [6.07, 6.45) is 55.1. The van der Waals surface area contributed by atoms with Crippen molar-refractivity contribution in [1.82, 2.24) is 0 Å². The van der Waals surface area contributed by atoms with Crippen molar-refractivity contribution in [2.45, 2.75) is 250 Å². The van der Waals surface area contributed by atoms with E-state index in [1.165, 1.54) is 38.5 Å². The van der Waals surface area contributed by atoms with Crippen LogP contribution in [0.15, 0.2) is 109 Å². The summed E-state index contributed by atoms with van der Waals surface area (Å²) in [5.41, 5.74) is 0. The number of aliphatic hydroxyl groups is 2. The Morgan fingerprint density at radius 1 is 0.467 bits per heavy atom. The second-order valence-corrected chi connectivity index (χ2v) is 19.2. The van der Waals surface area contributed by atoms with Gasteiger partial charge in [-0.25, -0.2) is 4.79 Å². The number of aliphatic hydroxyl groups excluding tert-OH is 2. The summed E-state index contributed by atoms with van der Waals surface area (Å²) in [5, 5.41) is 31.4. The summed E-state index contributed by atoms with van der Waals surface area (Å²) >= 11 is 0. The molecule has 0 bridgehead atoms. The van der Waals surface area contributed by atoms with Crippen molar-refractivity contribution in [2.24, 2.45) is 0 Å². The van der Waals surface area contributed by atoms with E-state index in [0.717, 1.165) is 116 Å². The summed E-state index contributed by atoms with van der Waals surface area (Å²) in [7, 11) is 0. The number of carboxylic acids is 1. The molecule has 0 aromatic heterocycles. The Balaban J connectivity index is 2.78. The fourth-order valence-electron chi connectivity index (χ4n) is 7.91. The molecule has 12 heteroatoms. The Morgan fingerprint density at radius 3 is 1.35 bits per heavy atom. The van der Waals surface area contributed by atoms with Gasteiger partial charge >= 0.3 is 23.9 Å². The molecule has 0 aromatic carbocycles. The maximum Gasteiger partial charge on any atom is 0.335 e. The molecule has 12 nitrogen and oxygen atoms in total. The predicted octanol–water partition coefficient (Wildman–Crippen LogP) is 14.7. The minimum absolute atomic E-state index is 0.0240. The van der Waals surface area contributed by atoms with Crippen LogP contribution in [-0.2, 0) is 42.9 Å². The van der Waals surface area contributed by atoms with Gasteiger partial charge < -0.3 is 39.0 Å². The molecule has 0 amide bonds. The summed E-state index contributed by atoms with van der Waals surface area (Å²) in [6.45, 7) is 5.70. The van der Waals surface area contributed by atoms with E-state index >= 15 is 0 Å². The first kappa shape index (κ1) is 68.4. The van der Waals surface area contributed by atoms with Crippen molar-refractivity contribution in [3.05, 3.63) is 109 Å². The first-order chi connectivity index (χ1) is 36.6. The predicted molar refractivity (Wildman–Crippen MR) is 303 cm³/mol. The van der Waals surface area contributed by atoms with E-state index in [1.54, 1.807) is 6.08 Å². The first-order valence-electron chi connectivity index (χ1n) is 28.9. The molecule has 1 saturated heterocycles. The van der Waals surface area contributed by atoms with Gasteiger partial charge in [0.25, 0.3) is 0 Å². The fourth-order valence-corrected chi connectivity index (χ4v) is 7.91. The van der Waals surface area contributed by atoms with Crippen LogP contribution in [0.4, 0.5) is 0 Å². The maximum absolute atomic E-state index is 13.1. The first-order valence-corrected chi connectivity index (χ1v) is 28.9. The van der Waals surface area contributed by atoms with E-state index in [2.05, 4.69) is 112 Å². The highest BCUT2D eigenvalue weighted by molar-refractivity contribution is 5.74. The van der Waals surface area contributed by atoms with Gasteiger partial charge in [-0.15, -0.1) is 0 Å². The number of hydrogen-bond acceptors (Lipinski definition) is 11. The molecule has 0 radical (unpaired) electrons. The van der Waals surface area contributed by atoms with Crippen LogP contribution in [-0.4, -0.2) is 89.2 Å². The summed E-state index contributed by atoms with van der Waals surface area (Å²) in [6, 6.07) is 0. The second-order valence-electron chi connectivity index (χ2n) is 19.2. The third-order valence-electron chi connectivity index (χ3n) is 12.3. The lowest BCUT2D eigenvalue weighted by Crippen LogP contribution is -2.61. The SMILES string of the molecule is CC/C=C\C/C=C\C/C=C\C/C=C\C/C=C\CC(=O)OCC(COC1OC(C(=O)O)C(O)C(O)C1OC(=O)CCCCCCC/C=C\C/C=C\CCCCC)OC(=O)CCCCCCC/C=C\C/C=C\CCCCC. The van der Waals surface area contributed by atoms with Gasteiger partial charge in [0.15, 0.2) is 24.6 Å². The zero-order valence-corrected chi connectivity index (χ0v) is 46.5. The number of carbonyl (C=O) groups excluding carboxylic acids is 3. The number of carboxylic acid groups (broad SMARTS) is 1. The van der Waals surface area contributed by atoms with E-state index in [0.29, 0.717) is 19.3 Å². The van der Waals surface area contributed by atoms with Crippen LogP contribution >= 0.6 is 0 Å². The smallest absolute Gasteiger partial charge is 0.335 e. The molecule has 1 fully saturated rings. The van der Waals surface area contributed by atoms with Gasteiger partial charge in [-0.1, -0.05) is 194 Å². The van der Waals surface area contributed by atoms with Crippen LogP contribution in [0.2, 0.25) is 0 Å². The average Bonchev–Trinajstić information content (AvgIpc) is 3.39. The van der Waals surface area contributed by atoms with Crippen LogP contribution < -0.4 is 0 Å². The van der Waals surface area contributed by atoms with Crippen molar-refractivity contribution in [2.75, 3.05) is 13.2 Å². The minimum Gasteiger partial charge on any atom is -0.479 e. The number of esters is 3. The number of allylic oxidation sites excluding steroid dienone is 17. The number of unbranched alkanes of at least 4 members (excludes halogenated alkanes) is 16. The lowest BCUT2D eigenvalue weighted by molar-refractivity contribution is -0.301. The fraction of sp³-hybridized carbons (Fsp3) is 0.651. The molecule has 1 heterocycles. The number of aliphatic carboxylic acids is 1. The molecule has 0 spiro atoms. The molecular formula is C63H100O12. The van der Waals surface area contributed by atoms with Crippen molar-refractivity contribution in [3.8, 4) is 0 Å². The van der Waals surface area contributed by atoms with Gasteiger partial charge in [-0.2, -0.15) is 0 Å². The molecule has 3 N–H and O–H groups in total. The number of ether oxygens (including phenoxy) is 5. The van der Waals surface area contributed by atoms with Crippen LogP contribution in [0.3, 0.4) is 0 Å². The van der Waals surface area contributed by atoms with E-state index in [1.807, 2.05) is 12.2 Å². The van der Waals surface area contributed by atoms with E-state index < -0.39 is 67.3 Å². The van der Waals surface area contributed by atoms with Crippen LogP contribution in [0, 0.1) is 0 Å². The Morgan fingerprint density at radius 2 is 0.880 bits per heavy atom. The van der Waals surface area contributed by atoms with Gasteiger partial charge in [0, 0.05) is 12.8 Å². The maximum atomic E-state index is 13.1. The van der Waals surface area contributed by atoms with Gasteiger partial charge in [0.1, 0.15) is 18.8 Å². The number of carbonyl (C=O) groups is 4. The van der Waals surface area contributed by atoms with Gasteiger partial charge in [-0.3, -0.25) is 14.4 Å². The highest BCUT2D eigenvalue weighted by atomic mass is 16.7. The normalized spacial score (nSPS) is 19.0. The third kappa shape index (κ3) is 40.3. The third-order valence-corrected chi connectivity index (χ3v) is 12.3. The molecule has 0 aliphatic carbocycles. The van der Waals surface area contributed by atoms with Crippen molar-refractivity contribution in [3.63, 3.8) is 0 Å². The van der Waals surface area contributed by atoms with Crippen molar-refractivity contribution in [1.29, 1.82) is 0 Å². The zero-order chi connectivity index (χ0) is 54.7. The average molecular weight is 1050 g/mol. The largest absolute Gasteiger partial charge is 0.479 e. The molecule has 1 aliphatic rings. The molecule has 6 unspecified atom stereocenters. The molecule has 424 valence electrons. The second kappa shape index (κ2) is 50.2. The van der Waals surface area contributed by atoms with Crippen molar-refractivity contribution >= 4 is 23.9 Å². The zero-order valence-electron chi connectivity index (χ0n) is 46.5. The minimum atomic E-state index is -1.93. The van der Waals surface area contributed by atoms with Crippen LogP contribution in [0.5, 0.6) is 0 Å². The number of rotatable bonds is 47. The Bertz CT molecular complexity index is 1720. The molecule has 75 heavy (non-hydrogen) atoms. The van der Waals surface area contributed by atoms with E-state index in [4.69, 9.17) is 23.7 Å². The quantitative estimate of drug-likeness (QED) is 0.0228. The van der Waals surface area contributed by atoms with Crippen LogP contribution in [0.25, 0.3) is 0 Å². The van der Waals surface area contributed by atoms with E-state index in [9.17, 15) is 34.5 Å². The van der Waals surface area contributed by atoms with Gasteiger partial charge in [0.2, 0.25) is 0 Å². The highest BCUT2D eigenvalue weighted by Gasteiger charge is 2.50. The molecule has 0 aromatic rings. The topological polar surface area (TPSA) is 175 Å². The summed E-state index contributed by atoms with van der Waals surface area (Å²) in [4.78, 5) is 51.0. The Labute approximate surface area is 453 Å². The lowest BCUT2D eigenvalue weighted by atomic mass is 9.98. The highest BCUT2D eigenvalue weighted by Crippen LogP contribution is 2.26. The summed E-state index contributed by atoms with van der Waals surface area (Å²) < 4.78 is 28.2. The Hall–Kier alpha value is -4.62. The summed E-state index contributed by atoms with van der Waals surface area (Å²) in [5.74, 6) is -3.33. The molecular weight excluding hydrogens is 949 g/mol.